The molecule has 3 heteroatoms. The van der Waals surface area contributed by atoms with E-state index in [0.717, 1.165) is 23.5 Å². The van der Waals surface area contributed by atoms with Gasteiger partial charge in [0.15, 0.2) is 0 Å². The topological polar surface area (TPSA) is 30.5 Å². The second kappa shape index (κ2) is 6.94. The molecule has 1 aliphatic carbocycles. The maximum absolute atomic E-state index is 6.78. The van der Waals surface area contributed by atoms with E-state index in [9.17, 15) is 0 Å². The zero-order valence-electron chi connectivity index (χ0n) is 18.6. The van der Waals surface area contributed by atoms with E-state index in [0.29, 0.717) is 5.92 Å². The highest BCUT2D eigenvalue weighted by molar-refractivity contribution is 5.91. The summed E-state index contributed by atoms with van der Waals surface area (Å²) in [4.78, 5) is 0. The van der Waals surface area contributed by atoms with Gasteiger partial charge in [0, 0.05) is 22.7 Å². The van der Waals surface area contributed by atoms with Crippen molar-refractivity contribution in [3.8, 4) is 22.6 Å². The highest BCUT2D eigenvalue weighted by Gasteiger charge is 2.38. The van der Waals surface area contributed by atoms with Crippen LogP contribution in [0.1, 0.15) is 64.2 Å². The normalized spacial score (nSPS) is 23.6. The Morgan fingerprint density at radius 3 is 2.70 bits per heavy atom. The predicted octanol–water partition coefficient (Wildman–Crippen LogP) is 7.15. The number of hydrogen-bond donors (Lipinski definition) is 1. The molecule has 2 aromatic carbocycles. The molecule has 2 atom stereocenters. The lowest BCUT2D eigenvalue weighted by Crippen LogP contribution is -2.33. The number of ether oxygens (including phenoxy) is 2. The fraction of sp³-hybridized carbons (Fsp3) is 0.407. The Morgan fingerprint density at radius 2 is 1.93 bits per heavy atom. The van der Waals surface area contributed by atoms with Crippen LogP contribution < -0.4 is 14.8 Å². The number of hydrogen-bond acceptors (Lipinski definition) is 3. The molecule has 3 aliphatic rings. The lowest BCUT2D eigenvalue weighted by atomic mass is 9.76. The van der Waals surface area contributed by atoms with Gasteiger partial charge in [-0.2, -0.15) is 0 Å². The van der Waals surface area contributed by atoms with Crippen LogP contribution >= 0.6 is 0 Å². The first-order chi connectivity index (χ1) is 14.4. The molecule has 5 rings (SSSR count). The number of allylic oxidation sites excluding steroid dienone is 2. The maximum Gasteiger partial charge on any atom is 0.131 e. The number of nitrogens with one attached hydrogen (secondary N) is 1. The molecule has 0 amide bonds. The smallest absolute Gasteiger partial charge is 0.131 e. The molecule has 0 radical (unpaired) electrons. The highest BCUT2D eigenvalue weighted by Crippen LogP contribution is 2.54. The predicted molar refractivity (Wildman–Crippen MR) is 124 cm³/mol. The van der Waals surface area contributed by atoms with Crippen molar-refractivity contribution < 1.29 is 9.47 Å². The third-order valence-corrected chi connectivity index (χ3v) is 6.69. The van der Waals surface area contributed by atoms with Crippen molar-refractivity contribution in [2.45, 2.75) is 58.6 Å². The number of anilines is 1. The molecule has 0 saturated heterocycles. The van der Waals surface area contributed by atoms with Gasteiger partial charge in [0.2, 0.25) is 0 Å². The van der Waals surface area contributed by atoms with Crippen molar-refractivity contribution in [2.24, 2.45) is 5.92 Å². The standard InChI is InChI=1S/C27H31NO2/c1-16-8-6-9-18(14-16)26-25-19(24-21(29-5)10-7-11-22(24)30-26)12-13-20-23(25)17(2)15-27(3,4)28-20/h7,10-15,18,26,28H,6,8-9H2,1-5H3/t18-,26+/m1/s1. The molecular formula is C27H31NO2. The first-order valence-electron chi connectivity index (χ1n) is 11.0. The van der Waals surface area contributed by atoms with Crippen molar-refractivity contribution in [1.82, 2.24) is 0 Å². The molecule has 0 unspecified atom stereocenters. The minimum absolute atomic E-state index is 0.0103. The Labute approximate surface area is 179 Å². The molecular weight excluding hydrogens is 370 g/mol. The first kappa shape index (κ1) is 19.3. The third kappa shape index (κ3) is 3.03. The monoisotopic (exact) mass is 401 g/mol. The minimum atomic E-state index is -0.0622. The summed E-state index contributed by atoms with van der Waals surface area (Å²) in [5, 5.41) is 3.72. The molecule has 0 fully saturated rings. The van der Waals surface area contributed by atoms with E-state index in [1.54, 1.807) is 7.11 Å². The van der Waals surface area contributed by atoms with Crippen LogP contribution in [0.2, 0.25) is 0 Å². The van der Waals surface area contributed by atoms with Gasteiger partial charge in [-0.15, -0.1) is 0 Å². The largest absolute Gasteiger partial charge is 0.496 e. The summed E-state index contributed by atoms with van der Waals surface area (Å²) < 4.78 is 12.5. The SMILES string of the molecule is COc1cccc2c1-c1ccc3c(c1[C@H]([C@H]1C=C(C)CCC1)O2)C(C)=CC(C)(C)N3. The maximum atomic E-state index is 6.78. The number of benzene rings is 2. The molecule has 0 aromatic heterocycles. The molecule has 1 N–H and O–H groups in total. The molecule has 3 nitrogen and oxygen atoms in total. The molecule has 0 spiro atoms. The summed E-state index contributed by atoms with van der Waals surface area (Å²) in [6, 6.07) is 10.6. The Kier molecular flexibility index (Phi) is 4.46. The second-order valence-corrected chi connectivity index (χ2v) is 9.56. The Morgan fingerprint density at radius 1 is 1.10 bits per heavy atom. The van der Waals surface area contributed by atoms with E-state index in [-0.39, 0.29) is 11.6 Å². The molecule has 30 heavy (non-hydrogen) atoms. The Balaban J connectivity index is 1.78. The van der Waals surface area contributed by atoms with Gasteiger partial charge in [-0.05, 0) is 76.3 Å². The average molecular weight is 402 g/mol. The van der Waals surface area contributed by atoms with Gasteiger partial charge >= 0.3 is 0 Å². The first-order valence-corrected chi connectivity index (χ1v) is 11.0. The van der Waals surface area contributed by atoms with Crippen molar-refractivity contribution in [2.75, 3.05) is 12.4 Å². The molecule has 0 bridgehead atoms. The van der Waals surface area contributed by atoms with Crippen LogP contribution in [0.3, 0.4) is 0 Å². The van der Waals surface area contributed by atoms with Crippen LogP contribution in [0.25, 0.3) is 16.7 Å². The van der Waals surface area contributed by atoms with Gasteiger partial charge in [-0.25, -0.2) is 0 Å². The Hall–Kier alpha value is -2.68. The zero-order valence-corrected chi connectivity index (χ0v) is 18.6. The van der Waals surface area contributed by atoms with Crippen LogP contribution in [0.4, 0.5) is 5.69 Å². The molecule has 2 aliphatic heterocycles. The number of methoxy groups -OCH3 is 1. The fourth-order valence-electron chi connectivity index (χ4n) is 5.59. The lowest BCUT2D eigenvalue weighted by molar-refractivity contribution is 0.145. The van der Waals surface area contributed by atoms with Crippen molar-refractivity contribution in [1.29, 1.82) is 0 Å². The fourth-order valence-corrected chi connectivity index (χ4v) is 5.59. The van der Waals surface area contributed by atoms with Gasteiger partial charge in [0.25, 0.3) is 0 Å². The summed E-state index contributed by atoms with van der Waals surface area (Å²) in [5.74, 6) is 2.17. The minimum Gasteiger partial charge on any atom is -0.496 e. The third-order valence-electron chi connectivity index (χ3n) is 6.69. The molecule has 0 saturated carbocycles. The van der Waals surface area contributed by atoms with Crippen LogP contribution in [-0.4, -0.2) is 12.6 Å². The van der Waals surface area contributed by atoms with Crippen LogP contribution in [0, 0.1) is 5.92 Å². The molecule has 2 heterocycles. The lowest BCUT2D eigenvalue weighted by Gasteiger charge is -2.40. The van der Waals surface area contributed by atoms with E-state index in [1.807, 2.05) is 12.1 Å². The van der Waals surface area contributed by atoms with Gasteiger partial charge in [0.05, 0.1) is 18.2 Å². The van der Waals surface area contributed by atoms with Gasteiger partial charge < -0.3 is 14.8 Å². The van der Waals surface area contributed by atoms with Crippen molar-refractivity contribution in [3.05, 3.63) is 59.2 Å². The van der Waals surface area contributed by atoms with Gasteiger partial charge in [0.1, 0.15) is 17.6 Å². The van der Waals surface area contributed by atoms with E-state index >= 15 is 0 Å². The van der Waals surface area contributed by atoms with E-state index in [4.69, 9.17) is 9.47 Å². The number of fused-ring (bicyclic) bond motifs is 5. The zero-order chi connectivity index (χ0) is 21.0. The van der Waals surface area contributed by atoms with Crippen LogP contribution in [-0.2, 0) is 0 Å². The summed E-state index contributed by atoms with van der Waals surface area (Å²) in [6.07, 6.45) is 8.38. The van der Waals surface area contributed by atoms with Gasteiger partial charge in [-0.1, -0.05) is 29.9 Å². The molecule has 156 valence electrons. The summed E-state index contributed by atoms with van der Waals surface area (Å²) in [5.41, 5.74) is 8.84. The summed E-state index contributed by atoms with van der Waals surface area (Å²) in [7, 11) is 1.74. The summed E-state index contributed by atoms with van der Waals surface area (Å²) >= 11 is 0. The van der Waals surface area contributed by atoms with Crippen molar-refractivity contribution in [3.63, 3.8) is 0 Å². The highest BCUT2D eigenvalue weighted by atomic mass is 16.5. The van der Waals surface area contributed by atoms with Crippen LogP contribution in [0.15, 0.2) is 48.1 Å². The van der Waals surface area contributed by atoms with Crippen LogP contribution in [0.5, 0.6) is 11.5 Å². The van der Waals surface area contributed by atoms with E-state index in [2.05, 4.69) is 63.4 Å². The quantitative estimate of drug-likeness (QED) is 0.542. The average Bonchev–Trinajstić information content (AvgIpc) is 2.71. The van der Waals surface area contributed by atoms with Crippen molar-refractivity contribution >= 4 is 11.3 Å². The summed E-state index contributed by atoms with van der Waals surface area (Å²) in [6.45, 7) is 8.93. The van der Waals surface area contributed by atoms with E-state index in [1.165, 1.54) is 46.4 Å². The van der Waals surface area contributed by atoms with E-state index < -0.39 is 0 Å². The number of rotatable bonds is 2. The second-order valence-electron chi connectivity index (χ2n) is 9.56. The Bertz CT molecular complexity index is 1080. The molecule has 2 aromatic rings. The van der Waals surface area contributed by atoms with Gasteiger partial charge in [-0.3, -0.25) is 0 Å².